The number of aromatic nitrogens is 2. The van der Waals surface area contributed by atoms with Gasteiger partial charge in [-0.25, -0.2) is 9.97 Å². The molecule has 0 aromatic carbocycles. The fourth-order valence-corrected chi connectivity index (χ4v) is 7.35. The normalized spacial score (nSPS) is 17.1. The number of piperazine rings is 1. The van der Waals surface area contributed by atoms with Gasteiger partial charge in [0.05, 0.1) is 22.1 Å². The standard InChI is InChI=1S/C26H31Cl2N5O3S2/c27-18-14-21(37-16-18)22-25(33-9-7-32(8-10-33)19-5-2-1-3-6-19)38-26(30-22)31-23(35)17-13-20(28)24(29-15-17)36-12-4-11-34/h13-16,19,34H,1-12H2,(H,30,31,35). The first-order valence-electron chi connectivity index (χ1n) is 13.0. The fourth-order valence-electron chi connectivity index (χ4n) is 4.97. The highest BCUT2D eigenvalue weighted by Crippen LogP contribution is 2.42. The van der Waals surface area contributed by atoms with Crippen molar-refractivity contribution >= 4 is 61.9 Å². The van der Waals surface area contributed by atoms with Gasteiger partial charge in [-0.3, -0.25) is 15.0 Å². The SMILES string of the molecule is O=C(Nc1nc(-c2cc(Cl)cs2)c(N2CCN(C3CCCCC3)CC2)s1)c1cnc(OCCCO)c(Cl)c1. The lowest BCUT2D eigenvalue weighted by Crippen LogP contribution is -2.50. The lowest BCUT2D eigenvalue weighted by atomic mass is 9.94. The molecule has 3 aromatic heterocycles. The number of carbonyl (C=O) groups is 1. The molecule has 38 heavy (non-hydrogen) atoms. The Morgan fingerprint density at radius 1 is 1.16 bits per heavy atom. The average molecular weight is 597 g/mol. The van der Waals surface area contributed by atoms with Crippen LogP contribution in [-0.4, -0.2) is 71.3 Å². The maximum Gasteiger partial charge on any atom is 0.259 e. The van der Waals surface area contributed by atoms with Gasteiger partial charge in [0.2, 0.25) is 5.88 Å². The molecule has 0 bridgehead atoms. The number of rotatable bonds is 9. The van der Waals surface area contributed by atoms with Crippen molar-refractivity contribution in [3.8, 4) is 16.5 Å². The van der Waals surface area contributed by atoms with E-state index in [1.165, 1.54) is 55.7 Å². The van der Waals surface area contributed by atoms with E-state index in [-0.39, 0.29) is 23.4 Å². The zero-order valence-corrected chi connectivity index (χ0v) is 24.1. The van der Waals surface area contributed by atoms with E-state index >= 15 is 0 Å². The van der Waals surface area contributed by atoms with Gasteiger partial charge in [0.1, 0.15) is 15.7 Å². The van der Waals surface area contributed by atoms with E-state index in [1.54, 1.807) is 11.3 Å². The predicted molar refractivity (Wildman–Crippen MR) is 155 cm³/mol. The number of aliphatic hydroxyl groups excluding tert-OH is 1. The number of hydrogen-bond acceptors (Lipinski definition) is 9. The number of aliphatic hydroxyl groups is 1. The van der Waals surface area contributed by atoms with Crippen molar-refractivity contribution in [2.75, 3.05) is 49.6 Å². The molecule has 2 aliphatic rings. The molecule has 8 nitrogen and oxygen atoms in total. The van der Waals surface area contributed by atoms with Gasteiger partial charge in [-0.1, -0.05) is 53.8 Å². The van der Waals surface area contributed by atoms with Crippen LogP contribution in [0.3, 0.4) is 0 Å². The van der Waals surface area contributed by atoms with Gasteiger partial charge in [0, 0.05) is 56.8 Å². The average Bonchev–Trinajstić information content (AvgIpc) is 3.56. The molecular weight excluding hydrogens is 565 g/mol. The van der Waals surface area contributed by atoms with Crippen LogP contribution >= 0.6 is 45.9 Å². The number of pyridine rings is 1. The Balaban J connectivity index is 1.31. The molecular formula is C26H31Cl2N5O3S2. The Labute approximate surface area is 240 Å². The molecule has 3 aromatic rings. The maximum atomic E-state index is 13.0. The number of nitrogens with zero attached hydrogens (tertiary/aromatic N) is 4. The van der Waals surface area contributed by atoms with E-state index in [0.29, 0.717) is 34.8 Å². The molecule has 1 aliphatic carbocycles. The molecule has 0 spiro atoms. The van der Waals surface area contributed by atoms with E-state index in [4.69, 9.17) is 38.0 Å². The Bertz CT molecular complexity index is 1240. The lowest BCUT2D eigenvalue weighted by molar-refractivity contribution is 0.102. The number of amides is 1. The molecule has 5 rings (SSSR count). The second-order valence-electron chi connectivity index (χ2n) is 9.51. The highest BCUT2D eigenvalue weighted by atomic mass is 35.5. The highest BCUT2D eigenvalue weighted by Gasteiger charge is 2.28. The quantitative estimate of drug-likeness (QED) is 0.291. The molecule has 2 fully saturated rings. The van der Waals surface area contributed by atoms with Crippen LogP contribution < -0.4 is 15.0 Å². The molecule has 1 saturated carbocycles. The first-order valence-corrected chi connectivity index (χ1v) is 15.4. The van der Waals surface area contributed by atoms with Gasteiger partial charge >= 0.3 is 0 Å². The minimum atomic E-state index is -0.348. The van der Waals surface area contributed by atoms with Crippen molar-refractivity contribution in [1.29, 1.82) is 0 Å². The largest absolute Gasteiger partial charge is 0.477 e. The number of halogens is 2. The van der Waals surface area contributed by atoms with Crippen LogP contribution in [0, 0.1) is 0 Å². The second kappa shape index (κ2) is 12.9. The number of hydrogen-bond donors (Lipinski definition) is 2. The summed E-state index contributed by atoms with van der Waals surface area (Å²) < 4.78 is 5.45. The van der Waals surface area contributed by atoms with Crippen LogP contribution in [-0.2, 0) is 0 Å². The number of carbonyl (C=O) groups excluding carboxylic acids is 1. The summed E-state index contributed by atoms with van der Waals surface area (Å²) >= 11 is 15.5. The number of anilines is 2. The summed E-state index contributed by atoms with van der Waals surface area (Å²) in [5, 5.41) is 16.2. The van der Waals surface area contributed by atoms with Crippen molar-refractivity contribution in [3.63, 3.8) is 0 Å². The van der Waals surface area contributed by atoms with E-state index < -0.39 is 0 Å². The zero-order valence-electron chi connectivity index (χ0n) is 21.0. The summed E-state index contributed by atoms with van der Waals surface area (Å²) in [7, 11) is 0. The molecule has 1 aliphatic heterocycles. The van der Waals surface area contributed by atoms with Crippen molar-refractivity contribution in [1.82, 2.24) is 14.9 Å². The monoisotopic (exact) mass is 595 g/mol. The van der Waals surface area contributed by atoms with E-state index in [2.05, 4.69) is 20.1 Å². The Kier molecular flexibility index (Phi) is 9.40. The van der Waals surface area contributed by atoms with Gasteiger partial charge in [-0.05, 0) is 25.0 Å². The topological polar surface area (TPSA) is 90.8 Å². The summed E-state index contributed by atoms with van der Waals surface area (Å²) in [5.41, 5.74) is 1.15. The molecule has 0 atom stereocenters. The third-order valence-corrected chi connectivity index (χ3v) is 9.52. The first kappa shape index (κ1) is 27.6. The maximum absolute atomic E-state index is 13.0. The summed E-state index contributed by atoms with van der Waals surface area (Å²) in [6.45, 7) is 4.23. The minimum absolute atomic E-state index is 0.0176. The van der Waals surface area contributed by atoms with Gasteiger partial charge in [0.25, 0.3) is 5.91 Å². The third kappa shape index (κ3) is 6.60. The summed E-state index contributed by atoms with van der Waals surface area (Å²) in [6.07, 6.45) is 8.56. The van der Waals surface area contributed by atoms with E-state index in [1.807, 2.05) is 11.4 Å². The molecule has 1 amide bonds. The van der Waals surface area contributed by atoms with Crippen molar-refractivity contribution in [2.24, 2.45) is 0 Å². The van der Waals surface area contributed by atoms with Crippen molar-refractivity contribution in [3.05, 3.63) is 39.3 Å². The van der Waals surface area contributed by atoms with Crippen LogP contribution in [0.15, 0.2) is 23.7 Å². The van der Waals surface area contributed by atoms with Crippen LogP contribution in [0.4, 0.5) is 10.1 Å². The summed E-state index contributed by atoms with van der Waals surface area (Å²) in [6, 6.07) is 4.16. The van der Waals surface area contributed by atoms with Gasteiger partial charge < -0.3 is 14.7 Å². The Morgan fingerprint density at radius 3 is 2.63 bits per heavy atom. The zero-order chi connectivity index (χ0) is 26.5. The fraction of sp³-hybridized carbons (Fsp3) is 0.500. The van der Waals surface area contributed by atoms with Crippen LogP contribution in [0.1, 0.15) is 48.9 Å². The van der Waals surface area contributed by atoms with E-state index in [0.717, 1.165) is 41.8 Å². The molecule has 2 N–H and O–H groups in total. The Hall–Kier alpha value is -1.95. The van der Waals surface area contributed by atoms with Gasteiger partial charge in [-0.2, -0.15) is 0 Å². The van der Waals surface area contributed by atoms with Crippen LogP contribution in [0.25, 0.3) is 10.6 Å². The molecule has 0 unspecified atom stereocenters. The third-order valence-electron chi connectivity index (χ3n) is 6.93. The van der Waals surface area contributed by atoms with Crippen molar-refractivity contribution in [2.45, 2.75) is 44.6 Å². The van der Waals surface area contributed by atoms with Crippen molar-refractivity contribution < 1.29 is 14.6 Å². The van der Waals surface area contributed by atoms with Gasteiger partial charge in [0.15, 0.2) is 5.13 Å². The molecule has 12 heteroatoms. The number of ether oxygens (including phenoxy) is 1. The van der Waals surface area contributed by atoms with E-state index in [9.17, 15) is 4.79 Å². The van der Waals surface area contributed by atoms with Crippen LogP contribution in [0.5, 0.6) is 5.88 Å². The summed E-state index contributed by atoms with van der Waals surface area (Å²) in [5.74, 6) is -0.114. The van der Waals surface area contributed by atoms with Crippen LogP contribution in [0.2, 0.25) is 10.0 Å². The predicted octanol–water partition coefficient (Wildman–Crippen LogP) is 6.04. The summed E-state index contributed by atoms with van der Waals surface area (Å²) in [4.78, 5) is 28.0. The number of thiophene rings is 1. The number of nitrogens with one attached hydrogen (secondary N) is 1. The smallest absolute Gasteiger partial charge is 0.259 e. The molecule has 1 saturated heterocycles. The van der Waals surface area contributed by atoms with Gasteiger partial charge in [-0.15, -0.1) is 11.3 Å². The molecule has 204 valence electrons. The molecule has 0 radical (unpaired) electrons. The molecule has 4 heterocycles. The highest BCUT2D eigenvalue weighted by molar-refractivity contribution is 7.21. The second-order valence-corrected chi connectivity index (χ2v) is 12.2. The lowest BCUT2D eigenvalue weighted by Gasteiger charge is -2.41. The minimum Gasteiger partial charge on any atom is -0.477 e. The first-order chi connectivity index (χ1) is 18.5. The Morgan fingerprint density at radius 2 is 1.95 bits per heavy atom. The number of thiazole rings is 1.